The summed E-state index contributed by atoms with van der Waals surface area (Å²) in [6.07, 6.45) is 7.66. The lowest BCUT2D eigenvalue weighted by Gasteiger charge is -2.33. The van der Waals surface area contributed by atoms with Gasteiger partial charge in [-0.15, -0.1) is 0 Å². The third-order valence-corrected chi connectivity index (χ3v) is 3.75. The molecule has 6 heteroatoms. The maximum atomic E-state index is 11.8. The number of likely N-dealkylation sites (tertiary alicyclic amines) is 1. The predicted octanol–water partition coefficient (Wildman–Crippen LogP) is 1.05. The largest absolute Gasteiger partial charge is 0.382 e. The Bertz CT molecular complexity index is 434. The average molecular weight is 277 g/mol. The summed E-state index contributed by atoms with van der Waals surface area (Å²) in [5.41, 5.74) is 5.74. The second-order valence-corrected chi connectivity index (χ2v) is 5.32. The summed E-state index contributed by atoms with van der Waals surface area (Å²) >= 11 is 0. The molecule has 1 unspecified atom stereocenters. The van der Waals surface area contributed by atoms with Gasteiger partial charge in [0.05, 0.1) is 12.4 Å². The van der Waals surface area contributed by atoms with E-state index < -0.39 is 0 Å². The molecule has 1 fully saturated rings. The summed E-state index contributed by atoms with van der Waals surface area (Å²) < 4.78 is 0. The van der Waals surface area contributed by atoms with E-state index in [1.165, 1.54) is 38.2 Å². The summed E-state index contributed by atoms with van der Waals surface area (Å²) in [5, 5.41) is 2.86. The summed E-state index contributed by atoms with van der Waals surface area (Å²) in [4.78, 5) is 22.1. The van der Waals surface area contributed by atoms with E-state index in [0.29, 0.717) is 24.1 Å². The van der Waals surface area contributed by atoms with Crippen molar-refractivity contribution in [2.45, 2.75) is 38.6 Å². The maximum absolute atomic E-state index is 11.8. The minimum Gasteiger partial charge on any atom is -0.382 e. The molecule has 1 aromatic heterocycles. The number of nitrogen functional groups attached to an aromatic ring is 1. The van der Waals surface area contributed by atoms with Crippen molar-refractivity contribution in [1.29, 1.82) is 0 Å². The first kappa shape index (κ1) is 14.7. The zero-order valence-electron chi connectivity index (χ0n) is 12.0. The van der Waals surface area contributed by atoms with Crippen LogP contribution < -0.4 is 11.1 Å². The molecular weight excluding hydrogens is 254 g/mol. The Kier molecular flexibility index (Phi) is 5.29. The van der Waals surface area contributed by atoms with Gasteiger partial charge in [-0.05, 0) is 32.7 Å². The van der Waals surface area contributed by atoms with Crippen molar-refractivity contribution in [3.63, 3.8) is 0 Å². The summed E-state index contributed by atoms with van der Waals surface area (Å²) in [5.74, 6) is 0.129. The normalized spacial score (nSPS) is 19.8. The molecule has 1 saturated heterocycles. The second-order valence-electron chi connectivity index (χ2n) is 5.32. The van der Waals surface area contributed by atoms with Gasteiger partial charge in [0, 0.05) is 19.1 Å². The van der Waals surface area contributed by atoms with Gasteiger partial charge in [0.1, 0.15) is 11.5 Å². The standard InChI is InChI=1S/C14H23N5O/c1-11-5-2-3-7-19(11)8-4-6-16-14(20)12-9-18-13(15)10-17-12/h9-11H,2-8H2,1H3,(H2,15,18)(H,16,20). The topological polar surface area (TPSA) is 84.1 Å². The molecule has 0 bridgehead atoms. The smallest absolute Gasteiger partial charge is 0.271 e. The van der Waals surface area contributed by atoms with Gasteiger partial charge in [0.25, 0.3) is 5.91 Å². The Morgan fingerprint density at radius 2 is 2.30 bits per heavy atom. The Labute approximate surface area is 119 Å². The lowest BCUT2D eigenvalue weighted by Crippen LogP contribution is -2.39. The highest BCUT2D eigenvalue weighted by Crippen LogP contribution is 2.16. The number of amides is 1. The molecule has 3 N–H and O–H groups in total. The van der Waals surface area contributed by atoms with Crippen molar-refractivity contribution in [2.24, 2.45) is 0 Å². The lowest BCUT2D eigenvalue weighted by atomic mass is 10.0. The number of nitrogens with two attached hydrogens (primary N) is 1. The Hall–Kier alpha value is -1.69. The third kappa shape index (κ3) is 4.16. The zero-order chi connectivity index (χ0) is 14.4. The van der Waals surface area contributed by atoms with Gasteiger partial charge in [-0.2, -0.15) is 0 Å². The molecule has 6 nitrogen and oxygen atoms in total. The van der Waals surface area contributed by atoms with E-state index >= 15 is 0 Å². The number of rotatable bonds is 5. The van der Waals surface area contributed by atoms with Crippen LogP contribution in [0.15, 0.2) is 12.4 Å². The molecule has 0 spiro atoms. The van der Waals surface area contributed by atoms with E-state index in [2.05, 4.69) is 27.1 Å². The van der Waals surface area contributed by atoms with Gasteiger partial charge < -0.3 is 16.0 Å². The molecule has 1 aromatic rings. The first-order valence-corrected chi connectivity index (χ1v) is 7.26. The van der Waals surface area contributed by atoms with Crippen molar-refractivity contribution in [3.05, 3.63) is 18.1 Å². The lowest BCUT2D eigenvalue weighted by molar-refractivity contribution is 0.0943. The van der Waals surface area contributed by atoms with E-state index in [1.807, 2.05) is 0 Å². The summed E-state index contributed by atoms with van der Waals surface area (Å²) in [6.45, 7) is 5.16. The minimum atomic E-state index is -0.191. The monoisotopic (exact) mass is 277 g/mol. The van der Waals surface area contributed by atoms with Crippen LogP contribution in [0.1, 0.15) is 43.1 Å². The minimum absolute atomic E-state index is 0.191. The summed E-state index contributed by atoms with van der Waals surface area (Å²) in [7, 11) is 0. The molecule has 20 heavy (non-hydrogen) atoms. The number of piperidine rings is 1. The second kappa shape index (κ2) is 7.19. The van der Waals surface area contributed by atoms with Crippen molar-refractivity contribution in [3.8, 4) is 0 Å². The number of nitrogens with one attached hydrogen (secondary N) is 1. The average Bonchev–Trinajstić information content (AvgIpc) is 2.46. The van der Waals surface area contributed by atoms with E-state index in [0.717, 1.165) is 13.0 Å². The first-order chi connectivity index (χ1) is 9.66. The van der Waals surface area contributed by atoms with E-state index in [4.69, 9.17) is 5.73 Å². The fourth-order valence-corrected chi connectivity index (χ4v) is 2.52. The van der Waals surface area contributed by atoms with Gasteiger partial charge >= 0.3 is 0 Å². The molecule has 0 radical (unpaired) electrons. The van der Waals surface area contributed by atoms with Gasteiger partial charge in [-0.25, -0.2) is 9.97 Å². The predicted molar refractivity (Wildman–Crippen MR) is 78.3 cm³/mol. The fraction of sp³-hybridized carbons (Fsp3) is 0.643. The number of anilines is 1. The van der Waals surface area contributed by atoms with Crippen LogP contribution in [0.5, 0.6) is 0 Å². The number of hydrogen-bond donors (Lipinski definition) is 2. The number of carbonyl (C=O) groups excluding carboxylic acids is 1. The van der Waals surface area contributed by atoms with Crippen LogP contribution >= 0.6 is 0 Å². The Balaban J connectivity index is 1.67. The van der Waals surface area contributed by atoms with Crippen LogP contribution in [-0.2, 0) is 0 Å². The fourth-order valence-electron chi connectivity index (χ4n) is 2.52. The third-order valence-electron chi connectivity index (χ3n) is 3.75. The first-order valence-electron chi connectivity index (χ1n) is 7.26. The van der Waals surface area contributed by atoms with Crippen molar-refractivity contribution < 1.29 is 4.79 Å². The van der Waals surface area contributed by atoms with Crippen molar-refractivity contribution in [1.82, 2.24) is 20.2 Å². The Morgan fingerprint density at radius 3 is 3.00 bits per heavy atom. The van der Waals surface area contributed by atoms with Gasteiger partial charge in [-0.1, -0.05) is 6.42 Å². The van der Waals surface area contributed by atoms with Crippen LogP contribution in [-0.4, -0.2) is 46.5 Å². The number of carbonyl (C=O) groups is 1. The molecule has 1 amide bonds. The molecule has 2 heterocycles. The number of aromatic nitrogens is 2. The molecule has 1 atom stereocenters. The highest BCUT2D eigenvalue weighted by molar-refractivity contribution is 5.91. The van der Waals surface area contributed by atoms with Crippen molar-refractivity contribution in [2.75, 3.05) is 25.4 Å². The molecule has 0 aliphatic carbocycles. The van der Waals surface area contributed by atoms with Gasteiger partial charge in [0.2, 0.25) is 0 Å². The number of hydrogen-bond acceptors (Lipinski definition) is 5. The maximum Gasteiger partial charge on any atom is 0.271 e. The highest BCUT2D eigenvalue weighted by atomic mass is 16.1. The van der Waals surface area contributed by atoms with Crippen LogP contribution in [0.4, 0.5) is 5.82 Å². The van der Waals surface area contributed by atoms with Crippen LogP contribution in [0.3, 0.4) is 0 Å². The van der Waals surface area contributed by atoms with Gasteiger partial charge in [0.15, 0.2) is 0 Å². The Morgan fingerprint density at radius 1 is 1.45 bits per heavy atom. The molecular formula is C14H23N5O. The van der Waals surface area contributed by atoms with E-state index in [1.54, 1.807) is 0 Å². The highest BCUT2D eigenvalue weighted by Gasteiger charge is 2.17. The molecule has 2 rings (SSSR count). The van der Waals surface area contributed by atoms with Crippen LogP contribution in [0, 0.1) is 0 Å². The zero-order valence-corrected chi connectivity index (χ0v) is 12.0. The van der Waals surface area contributed by atoms with E-state index in [-0.39, 0.29) is 5.91 Å². The van der Waals surface area contributed by atoms with Gasteiger partial charge in [-0.3, -0.25) is 4.79 Å². The van der Waals surface area contributed by atoms with Crippen LogP contribution in [0.25, 0.3) is 0 Å². The number of nitrogens with zero attached hydrogens (tertiary/aromatic N) is 3. The molecule has 0 aromatic carbocycles. The molecule has 1 aliphatic rings. The van der Waals surface area contributed by atoms with E-state index in [9.17, 15) is 4.79 Å². The van der Waals surface area contributed by atoms with Crippen molar-refractivity contribution >= 4 is 11.7 Å². The SMILES string of the molecule is CC1CCCCN1CCCNC(=O)c1cnc(N)cn1. The molecule has 0 saturated carbocycles. The molecule has 110 valence electrons. The quantitative estimate of drug-likeness (QED) is 0.786. The summed E-state index contributed by atoms with van der Waals surface area (Å²) in [6, 6.07) is 0.669. The molecule has 1 aliphatic heterocycles. The van der Waals surface area contributed by atoms with Crippen LogP contribution in [0.2, 0.25) is 0 Å².